The molecule has 0 aliphatic heterocycles. The van der Waals surface area contributed by atoms with Crippen molar-refractivity contribution in [2.75, 3.05) is 5.32 Å². The van der Waals surface area contributed by atoms with Gasteiger partial charge in [-0.1, -0.05) is 65.8 Å². The number of pyridine rings is 1. The highest BCUT2D eigenvalue weighted by Crippen LogP contribution is 2.33. The second-order valence-electron chi connectivity index (χ2n) is 7.01. The van der Waals surface area contributed by atoms with Crippen LogP contribution in [0.4, 0.5) is 5.82 Å². The van der Waals surface area contributed by atoms with Gasteiger partial charge in [-0.05, 0) is 13.0 Å². The molecule has 3 heterocycles. The minimum atomic E-state index is -0.300. The Hall–Kier alpha value is -4.26. The number of aromatic nitrogens is 4. The summed E-state index contributed by atoms with van der Waals surface area (Å²) in [4.78, 5) is 18.0. The Morgan fingerprint density at radius 3 is 2.39 bits per heavy atom. The lowest BCUT2D eigenvalue weighted by molar-refractivity contribution is 0.102. The van der Waals surface area contributed by atoms with Gasteiger partial charge in [-0.2, -0.15) is 5.10 Å². The number of anilines is 1. The lowest BCUT2D eigenvalue weighted by atomic mass is 10.0. The van der Waals surface area contributed by atoms with E-state index in [2.05, 4.69) is 20.6 Å². The van der Waals surface area contributed by atoms with Gasteiger partial charge in [0.1, 0.15) is 5.69 Å². The summed E-state index contributed by atoms with van der Waals surface area (Å²) in [6.07, 6.45) is 1.82. The zero-order valence-corrected chi connectivity index (χ0v) is 16.8. The number of nitrogens with one attached hydrogen (secondary N) is 1. The normalized spacial score (nSPS) is 11.0. The maximum absolute atomic E-state index is 13.3. The third kappa shape index (κ3) is 3.57. The molecule has 0 radical (unpaired) electrons. The fourth-order valence-electron chi connectivity index (χ4n) is 3.47. The molecule has 7 nitrogen and oxygen atoms in total. The number of fused-ring (bicyclic) bond motifs is 1. The van der Waals surface area contributed by atoms with Crippen molar-refractivity contribution < 1.29 is 9.32 Å². The molecule has 3 aromatic heterocycles. The van der Waals surface area contributed by atoms with E-state index >= 15 is 0 Å². The van der Waals surface area contributed by atoms with E-state index in [1.165, 1.54) is 0 Å². The predicted octanol–water partition coefficient (Wildman–Crippen LogP) is 5.03. The highest BCUT2D eigenvalue weighted by Gasteiger charge is 2.22. The highest BCUT2D eigenvalue weighted by atomic mass is 16.5. The number of carbonyl (C=O) groups is 1. The standard InChI is InChI=1S/C24H19N5O2/c1-2-29-14-13-20(27-29)26-23(30)18-15-19(16-9-5-3-6-10-16)25-24-21(18)22(28-31-24)17-11-7-4-8-12-17/h3-15H,2H2,1H3,(H,26,27,30). The smallest absolute Gasteiger partial charge is 0.259 e. The van der Waals surface area contributed by atoms with Gasteiger partial charge in [-0.3, -0.25) is 9.48 Å². The second kappa shape index (κ2) is 7.87. The van der Waals surface area contributed by atoms with Crippen molar-refractivity contribution >= 4 is 22.8 Å². The van der Waals surface area contributed by atoms with Gasteiger partial charge in [0.05, 0.1) is 16.6 Å². The highest BCUT2D eigenvalue weighted by molar-refractivity contribution is 6.15. The molecule has 152 valence electrons. The van der Waals surface area contributed by atoms with Gasteiger partial charge in [-0.25, -0.2) is 4.98 Å². The molecule has 0 aliphatic carbocycles. The van der Waals surface area contributed by atoms with Crippen LogP contribution in [0, 0.1) is 0 Å². The molecule has 0 saturated carbocycles. The summed E-state index contributed by atoms with van der Waals surface area (Å²) >= 11 is 0. The van der Waals surface area contributed by atoms with Crippen LogP contribution in [0.2, 0.25) is 0 Å². The number of benzene rings is 2. The molecule has 5 aromatic rings. The zero-order chi connectivity index (χ0) is 21.2. The summed E-state index contributed by atoms with van der Waals surface area (Å²) in [5.74, 6) is 0.183. The number of carbonyl (C=O) groups excluding carboxylic acids is 1. The third-order valence-corrected chi connectivity index (χ3v) is 5.01. The number of nitrogens with zero attached hydrogens (tertiary/aromatic N) is 4. The number of rotatable bonds is 5. The first-order chi connectivity index (χ1) is 15.2. The Morgan fingerprint density at radius 1 is 1.00 bits per heavy atom. The van der Waals surface area contributed by atoms with Gasteiger partial charge in [0, 0.05) is 29.9 Å². The summed E-state index contributed by atoms with van der Waals surface area (Å²) in [5, 5.41) is 12.0. The van der Waals surface area contributed by atoms with Crippen LogP contribution >= 0.6 is 0 Å². The van der Waals surface area contributed by atoms with Crippen molar-refractivity contribution in [1.82, 2.24) is 19.9 Å². The molecule has 1 amide bonds. The second-order valence-corrected chi connectivity index (χ2v) is 7.01. The lowest BCUT2D eigenvalue weighted by Gasteiger charge is -2.08. The molecule has 2 aromatic carbocycles. The molecular formula is C24H19N5O2. The van der Waals surface area contributed by atoms with Gasteiger partial charge in [-0.15, -0.1) is 0 Å². The monoisotopic (exact) mass is 409 g/mol. The Balaban J connectivity index is 1.67. The zero-order valence-electron chi connectivity index (χ0n) is 16.8. The molecule has 0 bridgehead atoms. The number of hydrogen-bond donors (Lipinski definition) is 1. The molecule has 31 heavy (non-hydrogen) atoms. The molecule has 0 saturated heterocycles. The van der Waals surface area contributed by atoms with Crippen LogP contribution in [-0.2, 0) is 6.54 Å². The summed E-state index contributed by atoms with van der Waals surface area (Å²) < 4.78 is 7.32. The summed E-state index contributed by atoms with van der Waals surface area (Å²) in [6.45, 7) is 2.71. The van der Waals surface area contributed by atoms with E-state index in [0.29, 0.717) is 33.9 Å². The summed E-state index contributed by atoms with van der Waals surface area (Å²) in [5.41, 5.74) is 3.67. The Morgan fingerprint density at radius 2 is 1.71 bits per heavy atom. The first-order valence-electron chi connectivity index (χ1n) is 9.99. The van der Waals surface area contributed by atoms with Gasteiger partial charge >= 0.3 is 0 Å². The van der Waals surface area contributed by atoms with Crippen LogP contribution in [0.5, 0.6) is 0 Å². The van der Waals surface area contributed by atoms with Crippen LogP contribution in [-0.4, -0.2) is 25.8 Å². The molecular weight excluding hydrogens is 390 g/mol. The molecule has 0 aliphatic rings. The Bertz CT molecular complexity index is 1360. The van der Waals surface area contributed by atoms with Crippen molar-refractivity contribution in [3.8, 4) is 22.5 Å². The number of hydrogen-bond acceptors (Lipinski definition) is 5. The topological polar surface area (TPSA) is 85.8 Å². The number of aryl methyl sites for hydroxylation is 1. The predicted molar refractivity (Wildman–Crippen MR) is 119 cm³/mol. The van der Waals surface area contributed by atoms with E-state index in [-0.39, 0.29) is 5.91 Å². The largest absolute Gasteiger partial charge is 0.335 e. The van der Waals surface area contributed by atoms with Crippen molar-refractivity contribution in [2.45, 2.75) is 13.5 Å². The Labute approximate surface area is 178 Å². The fourth-order valence-corrected chi connectivity index (χ4v) is 3.47. The number of amides is 1. The molecule has 7 heteroatoms. The van der Waals surface area contributed by atoms with Crippen molar-refractivity contribution in [3.05, 3.63) is 84.6 Å². The Kier molecular flexibility index (Phi) is 4.76. The average molecular weight is 409 g/mol. The third-order valence-electron chi connectivity index (χ3n) is 5.01. The minimum Gasteiger partial charge on any atom is -0.335 e. The van der Waals surface area contributed by atoms with Crippen molar-refractivity contribution in [3.63, 3.8) is 0 Å². The van der Waals surface area contributed by atoms with Crippen LogP contribution in [0.15, 0.2) is 83.5 Å². The van der Waals surface area contributed by atoms with Gasteiger partial charge in [0.2, 0.25) is 0 Å². The van der Waals surface area contributed by atoms with Gasteiger partial charge in [0.25, 0.3) is 11.6 Å². The molecule has 1 N–H and O–H groups in total. The lowest BCUT2D eigenvalue weighted by Crippen LogP contribution is -2.14. The van der Waals surface area contributed by atoms with Crippen molar-refractivity contribution in [1.29, 1.82) is 0 Å². The molecule has 5 rings (SSSR count). The summed E-state index contributed by atoms with van der Waals surface area (Å²) in [7, 11) is 0. The first-order valence-corrected chi connectivity index (χ1v) is 9.99. The SMILES string of the molecule is CCn1ccc(NC(=O)c2cc(-c3ccccc3)nc3onc(-c4ccccc4)c23)n1. The van der Waals surface area contributed by atoms with Crippen LogP contribution in [0.3, 0.4) is 0 Å². The molecule has 0 spiro atoms. The van der Waals surface area contributed by atoms with E-state index in [0.717, 1.165) is 17.7 Å². The first kappa shape index (κ1) is 18.7. The van der Waals surface area contributed by atoms with Crippen molar-refractivity contribution in [2.24, 2.45) is 0 Å². The van der Waals surface area contributed by atoms with Crippen LogP contribution in [0.25, 0.3) is 33.6 Å². The van der Waals surface area contributed by atoms with Gasteiger partial charge < -0.3 is 9.84 Å². The minimum absolute atomic E-state index is 0.300. The van der Waals surface area contributed by atoms with Crippen LogP contribution in [0.1, 0.15) is 17.3 Å². The maximum Gasteiger partial charge on any atom is 0.259 e. The van der Waals surface area contributed by atoms with E-state index in [1.807, 2.05) is 73.8 Å². The van der Waals surface area contributed by atoms with Gasteiger partial charge in [0.15, 0.2) is 5.82 Å². The van der Waals surface area contributed by atoms with E-state index < -0.39 is 0 Å². The van der Waals surface area contributed by atoms with E-state index in [4.69, 9.17) is 4.52 Å². The van der Waals surface area contributed by atoms with E-state index in [9.17, 15) is 4.79 Å². The molecule has 0 atom stereocenters. The van der Waals surface area contributed by atoms with Crippen LogP contribution < -0.4 is 5.32 Å². The molecule has 0 unspecified atom stereocenters. The maximum atomic E-state index is 13.3. The summed E-state index contributed by atoms with van der Waals surface area (Å²) in [6, 6.07) is 22.8. The molecule has 0 fully saturated rings. The van der Waals surface area contributed by atoms with E-state index in [1.54, 1.807) is 16.8 Å². The quantitative estimate of drug-likeness (QED) is 0.440. The fraction of sp³-hybridized carbons (Fsp3) is 0.0833. The average Bonchev–Trinajstić information content (AvgIpc) is 3.46.